The molecule has 6 heteroatoms. The number of halogens is 1. The average molecular weight is 335 g/mol. The van der Waals surface area contributed by atoms with Gasteiger partial charge in [0.05, 0.1) is 10.9 Å². The van der Waals surface area contributed by atoms with Crippen LogP contribution >= 0.6 is 11.6 Å². The van der Waals surface area contributed by atoms with Gasteiger partial charge < -0.3 is 16.0 Å². The molecule has 1 amide bonds. The van der Waals surface area contributed by atoms with Crippen LogP contribution in [0.4, 0.5) is 5.82 Å². The summed E-state index contributed by atoms with van der Waals surface area (Å²) in [6.45, 7) is 1.63. The van der Waals surface area contributed by atoms with Gasteiger partial charge in [-0.3, -0.25) is 4.79 Å². The molecule has 4 rings (SSSR count). The molecule has 5 atom stereocenters. The standard InChI is InChI=1S/C17H23ClN4O/c18-13-2-1-6-20-16(13)22-7-5-12(9-22)21-17(23)14-10-3-4-11(8-10)15(14)19/h1-2,6,10-12,14-15H,3-5,7-9,19H2,(H,21,23). The van der Waals surface area contributed by atoms with Crippen LogP contribution in [0.5, 0.6) is 0 Å². The SMILES string of the molecule is NC1C2CCC(C2)C1C(=O)NC1CCN(c2ncccc2Cl)C1. The maximum atomic E-state index is 12.7. The van der Waals surface area contributed by atoms with E-state index in [1.165, 1.54) is 6.42 Å². The third-order valence-corrected chi connectivity index (χ3v) is 6.15. The molecule has 23 heavy (non-hydrogen) atoms. The molecule has 3 N–H and O–H groups in total. The molecule has 124 valence electrons. The first-order valence-corrected chi connectivity index (χ1v) is 8.92. The number of carbonyl (C=O) groups excluding carboxylic acids is 1. The van der Waals surface area contributed by atoms with E-state index in [0.717, 1.165) is 38.2 Å². The van der Waals surface area contributed by atoms with Gasteiger partial charge in [-0.05, 0) is 49.7 Å². The van der Waals surface area contributed by atoms with E-state index >= 15 is 0 Å². The second-order valence-electron chi connectivity index (χ2n) is 7.19. The maximum absolute atomic E-state index is 12.7. The van der Waals surface area contributed by atoms with Crippen molar-refractivity contribution in [3.63, 3.8) is 0 Å². The van der Waals surface area contributed by atoms with Crippen molar-refractivity contribution in [2.24, 2.45) is 23.5 Å². The molecule has 5 unspecified atom stereocenters. The third-order valence-electron chi connectivity index (χ3n) is 5.86. The van der Waals surface area contributed by atoms with E-state index in [9.17, 15) is 4.79 Å². The summed E-state index contributed by atoms with van der Waals surface area (Å²) in [5.41, 5.74) is 6.28. The first kappa shape index (κ1) is 15.2. The Kier molecular flexibility index (Phi) is 3.93. The highest BCUT2D eigenvalue weighted by Gasteiger charge is 2.49. The molecule has 2 aliphatic carbocycles. The fourth-order valence-corrected chi connectivity index (χ4v) is 4.94. The zero-order valence-corrected chi connectivity index (χ0v) is 13.9. The van der Waals surface area contributed by atoms with E-state index in [4.69, 9.17) is 17.3 Å². The van der Waals surface area contributed by atoms with Crippen LogP contribution in [-0.4, -0.2) is 36.1 Å². The summed E-state index contributed by atoms with van der Waals surface area (Å²) in [4.78, 5) is 19.2. The predicted octanol–water partition coefficient (Wildman–Crippen LogP) is 1.80. The van der Waals surface area contributed by atoms with Gasteiger partial charge in [-0.2, -0.15) is 0 Å². The summed E-state index contributed by atoms with van der Waals surface area (Å²) in [6, 6.07) is 3.89. The highest BCUT2D eigenvalue weighted by atomic mass is 35.5. The topological polar surface area (TPSA) is 71.2 Å². The van der Waals surface area contributed by atoms with Crippen LogP contribution in [0, 0.1) is 17.8 Å². The lowest BCUT2D eigenvalue weighted by molar-refractivity contribution is -0.127. The summed E-state index contributed by atoms with van der Waals surface area (Å²) < 4.78 is 0. The van der Waals surface area contributed by atoms with Crippen LogP contribution < -0.4 is 16.0 Å². The molecule has 5 nitrogen and oxygen atoms in total. The number of amides is 1. The Balaban J connectivity index is 1.37. The monoisotopic (exact) mass is 334 g/mol. The number of aromatic nitrogens is 1. The lowest BCUT2D eigenvalue weighted by atomic mass is 9.84. The van der Waals surface area contributed by atoms with Crippen molar-refractivity contribution in [1.82, 2.24) is 10.3 Å². The maximum Gasteiger partial charge on any atom is 0.225 e. The van der Waals surface area contributed by atoms with Gasteiger partial charge in [-0.1, -0.05) is 11.6 Å². The Labute approximate surface area is 141 Å². The molecular formula is C17H23ClN4O. The molecule has 1 saturated heterocycles. The fourth-order valence-electron chi connectivity index (χ4n) is 4.70. The summed E-state index contributed by atoms with van der Waals surface area (Å²) in [7, 11) is 0. The normalized spacial score (nSPS) is 35.7. The summed E-state index contributed by atoms with van der Waals surface area (Å²) >= 11 is 6.22. The number of anilines is 1. The minimum atomic E-state index is 0.0150. The van der Waals surface area contributed by atoms with Gasteiger partial charge in [0.15, 0.2) is 0 Å². The van der Waals surface area contributed by atoms with Crippen molar-refractivity contribution in [3.8, 4) is 0 Å². The van der Waals surface area contributed by atoms with Gasteiger partial charge in [-0.25, -0.2) is 4.98 Å². The third kappa shape index (κ3) is 2.70. The van der Waals surface area contributed by atoms with Gasteiger partial charge in [0.1, 0.15) is 5.82 Å². The van der Waals surface area contributed by atoms with Gasteiger partial charge in [-0.15, -0.1) is 0 Å². The van der Waals surface area contributed by atoms with E-state index in [0.29, 0.717) is 16.9 Å². The molecule has 0 spiro atoms. The zero-order chi connectivity index (χ0) is 16.0. The average Bonchev–Trinajstić information content (AvgIpc) is 3.23. The minimum Gasteiger partial charge on any atom is -0.353 e. The zero-order valence-electron chi connectivity index (χ0n) is 13.1. The van der Waals surface area contributed by atoms with E-state index in [1.54, 1.807) is 6.20 Å². The Bertz CT molecular complexity index is 608. The Hall–Kier alpha value is -1.33. The number of nitrogens with zero attached hydrogens (tertiary/aromatic N) is 2. The Morgan fingerprint density at radius 1 is 1.35 bits per heavy atom. The molecule has 1 aromatic heterocycles. The van der Waals surface area contributed by atoms with Crippen molar-refractivity contribution in [2.75, 3.05) is 18.0 Å². The van der Waals surface area contributed by atoms with Crippen molar-refractivity contribution < 1.29 is 4.79 Å². The predicted molar refractivity (Wildman–Crippen MR) is 90.3 cm³/mol. The largest absolute Gasteiger partial charge is 0.353 e. The molecule has 2 bridgehead atoms. The van der Waals surface area contributed by atoms with Crippen LogP contribution in [0.3, 0.4) is 0 Å². The van der Waals surface area contributed by atoms with Crippen LogP contribution in [0.1, 0.15) is 25.7 Å². The van der Waals surface area contributed by atoms with Gasteiger partial charge in [0.25, 0.3) is 0 Å². The van der Waals surface area contributed by atoms with Crippen molar-refractivity contribution >= 4 is 23.3 Å². The summed E-state index contributed by atoms with van der Waals surface area (Å²) in [6.07, 6.45) is 6.18. The van der Waals surface area contributed by atoms with E-state index in [2.05, 4.69) is 15.2 Å². The number of carbonyl (C=O) groups is 1. The highest BCUT2D eigenvalue weighted by molar-refractivity contribution is 6.32. The number of rotatable bonds is 3. The van der Waals surface area contributed by atoms with Crippen molar-refractivity contribution in [3.05, 3.63) is 23.4 Å². The molecule has 2 saturated carbocycles. The summed E-state index contributed by atoms with van der Waals surface area (Å²) in [5.74, 6) is 2.04. The van der Waals surface area contributed by atoms with Crippen molar-refractivity contribution in [1.29, 1.82) is 0 Å². The second kappa shape index (κ2) is 5.95. The molecule has 1 aromatic rings. The summed E-state index contributed by atoms with van der Waals surface area (Å²) in [5, 5.41) is 3.89. The van der Waals surface area contributed by atoms with Crippen LogP contribution in [0.25, 0.3) is 0 Å². The quantitative estimate of drug-likeness (QED) is 0.884. The molecular weight excluding hydrogens is 312 g/mol. The Morgan fingerprint density at radius 3 is 2.91 bits per heavy atom. The lowest BCUT2D eigenvalue weighted by Crippen LogP contribution is -2.48. The number of hydrogen-bond donors (Lipinski definition) is 2. The van der Waals surface area contributed by atoms with E-state index in [1.807, 2.05) is 12.1 Å². The first-order valence-electron chi connectivity index (χ1n) is 8.55. The Morgan fingerprint density at radius 2 is 2.17 bits per heavy atom. The number of hydrogen-bond acceptors (Lipinski definition) is 4. The molecule has 0 radical (unpaired) electrons. The van der Waals surface area contributed by atoms with Gasteiger partial charge in [0, 0.05) is 31.4 Å². The fraction of sp³-hybridized carbons (Fsp3) is 0.647. The molecule has 0 aromatic carbocycles. The molecule has 2 heterocycles. The number of nitrogens with one attached hydrogen (secondary N) is 1. The van der Waals surface area contributed by atoms with Crippen LogP contribution in [0.2, 0.25) is 5.02 Å². The second-order valence-corrected chi connectivity index (χ2v) is 7.59. The molecule has 3 fully saturated rings. The minimum absolute atomic E-state index is 0.0150. The highest BCUT2D eigenvalue weighted by Crippen LogP contribution is 2.47. The van der Waals surface area contributed by atoms with E-state index < -0.39 is 0 Å². The number of pyridine rings is 1. The van der Waals surface area contributed by atoms with Crippen LogP contribution in [-0.2, 0) is 4.79 Å². The smallest absolute Gasteiger partial charge is 0.225 e. The first-order chi connectivity index (χ1) is 11.1. The van der Waals surface area contributed by atoms with E-state index in [-0.39, 0.29) is 23.9 Å². The molecule has 1 aliphatic heterocycles. The van der Waals surface area contributed by atoms with Crippen LogP contribution in [0.15, 0.2) is 18.3 Å². The number of fused-ring (bicyclic) bond motifs is 2. The number of nitrogens with two attached hydrogens (primary N) is 1. The van der Waals surface area contributed by atoms with Gasteiger partial charge >= 0.3 is 0 Å². The van der Waals surface area contributed by atoms with Crippen molar-refractivity contribution in [2.45, 2.75) is 37.8 Å². The lowest BCUT2D eigenvalue weighted by Gasteiger charge is -2.28. The van der Waals surface area contributed by atoms with Gasteiger partial charge in [0.2, 0.25) is 5.91 Å². The molecule has 3 aliphatic rings.